The molecule has 0 spiro atoms. The minimum Gasteiger partial charge on any atom is -0.340 e. The Hall–Kier alpha value is -1.46. The molecule has 112 valence electrons. The number of aryl methyl sites for hydroxylation is 3. The van der Waals surface area contributed by atoms with Crippen LogP contribution in [0.5, 0.6) is 0 Å². The number of nitrogens with one attached hydrogen (secondary N) is 1. The Labute approximate surface area is 141 Å². The maximum atomic E-state index is 4.51. The molecule has 0 aliphatic heterocycles. The van der Waals surface area contributed by atoms with Crippen LogP contribution in [0.3, 0.4) is 0 Å². The molecule has 0 saturated carbocycles. The van der Waals surface area contributed by atoms with Crippen molar-refractivity contribution in [2.24, 2.45) is 0 Å². The number of hydrogen-bond donors (Lipinski definition) is 1. The van der Waals surface area contributed by atoms with E-state index in [1.165, 1.54) is 40.7 Å². The molecule has 0 amide bonds. The predicted octanol–water partition coefficient (Wildman–Crippen LogP) is 5.38. The summed E-state index contributed by atoms with van der Waals surface area (Å²) in [7, 11) is 0. The summed E-state index contributed by atoms with van der Waals surface area (Å²) in [4.78, 5) is 11.6. The van der Waals surface area contributed by atoms with Crippen LogP contribution in [0.4, 0.5) is 11.5 Å². The van der Waals surface area contributed by atoms with Gasteiger partial charge in [0, 0.05) is 15.0 Å². The molecule has 0 atom stereocenters. The zero-order valence-corrected chi connectivity index (χ0v) is 14.7. The first kappa shape index (κ1) is 14.2. The molecule has 1 aromatic carbocycles. The SMILES string of the molecule is Cc1cc(Nc2ncnc3sc4c(c23)CCCC4)ccc1Br. The van der Waals surface area contributed by atoms with Gasteiger partial charge in [-0.3, -0.25) is 0 Å². The molecule has 1 aliphatic carbocycles. The topological polar surface area (TPSA) is 37.8 Å². The molecular weight excluding hydrogens is 358 g/mol. The third-order valence-corrected chi connectivity index (χ3v) is 6.26. The average Bonchev–Trinajstić information content (AvgIpc) is 2.90. The predicted molar refractivity (Wildman–Crippen MR) is 96.2 cm³/mol. The van der Waals surface area contributed by atoms with E-state index in [1.54, 1.807) is 6.33 Å². The van der Waals surface area contributed by atoms with E-state index in [1.807, 2.05) is 11.3 Å². The van der Waals surface area contributed by atoms with E-state index >= 15 is 0 Å². The highest BCUT2D eigenvalue weighted by atomic mass is 79.9. The number of fused-ring (bicyclic) bond motifs is 3. The summed E-state index contributed by atoms with van der Waals surface area (Å²) in [5.41, 5.74) is 3.74. The van der Waals surface area contributed by atoms with Gasteiger partial charge in [0.05, 0.1) is 5.39 Å². The van der Waals surface area contributed by atoms with Gasteiger partial charge in [0.2, 0.25) is 0 Å². The Kier molecular flexibility index (Phi) is 3.62. The number of halogens is 1. The lowest BCUT2D eigenvalue weighted by molar-refractivity contribution is 0.700. The van der Waals surface area contributed by atoms with Crippen molar-refractivity contribution in [3.8, 4) is 0 Å². The fourth-order valence-electron chi connectivity index (χ4n) is 3.04. The average molecular weight is 374 g/mol. The molecule has 2 aromatic heterocycles. The summed E-state index contributed by atoms with van der Waals surface area (Å²) in [6.07, 6.45) is 6.56. The van der Waals surface area contributed by atoms with E-state index in [2.05, 4.69) is 56.3 Å². The lowest BCUT2D eigenvalue weighted by atomic mass is 9.97. The molecule has 4 rings (SSSR count). The van der Waals surface area contributed by atoms with Gasteiger partial charge in [0.15, 0.2) is 0 Å². The molecule has 1 aliphatic rings. The number of anilines is 2. The first-order valence-corrected chi connectivity index (χ1v) is 9.12. The second kappa shape index (κ2) is 5.63. The Morgan fingerprint density at radius 3 is 2.91 bits per heavy atom. The van der Waals surface area contributed by atoms with Gasteiger partial charge in [0.25, 0.3) is 0 Å². The van der Waals surface area contributed by atoms with Gasteiger partial charge in [-0.15, -0.1) is 11.3 Å². The first-order valence-electron chi connectivity index (χ1n) is 7.51. The molecule has 0 bridgehead atoms. The number of hydrogen-bond acceptors (Lipinski definition) is 4. The van der Waals surface area contributed by atoms with Crippen LogP contribution in [-0.4, -0.2) is 9.97 Å². The van der Waals surface area contributed by atoms with Crippen molar-refractivity contribution in [3.63, 3.8) is 0 Å². The van der Waals surface area contributed by atoms with Crippen molar-refractivity contribution in [2.75, 3.05) is 5.32 Å². The lowest BCUT2D eigenvalue weighted by Gasteiger charge is -2.13. The van der Waals surface area contributed by atoms with Crippen LogP contribution in [0.2, 0.25) is 0 Å². The Bertz CT molecular complexity index is 856. The van der Waals surface area contributed by atoms with Gasteiger partial charge in [0.1, 0.15) is 17.0 Å². The van der Waals surface area contributed by atoms with Crippen molar-refractivity contribution in [2.45, 2.75) is 32.6 Å². The second-order valence-electron chi connectivity index (χ2n) is 5.70. The second-order valence-corrected chi connectivity index (χ2v) is 7.64. The molecule has 2 heterocycles. The fraction of sp³-hybridized carbons (Fsp3) is 0.294. The van der Waals surface area contributed by atoms with Gasteiger partial charge in [-0.05, 0) is 61.9 Å². The van der Waals surface area contributed by atoms with E-state index in [9.17, 15) is 0 Å². The molecule has 0 saturated heterocycles. The zero-order chi connectivity index (χ0) is 15.1. The van der Waals surface area contributed by atoms with Crippen LogP contribution in [0, 0.1) is 6.92 Å². The molecule has 5 heteroatoms. The van der Waals surface area contributed by atoms with Crippen LogP contribution in [-0.2, 0) is 12.8 Å². The minimum absolute atomic E-state index is 0.936. The van der Waals surface area contributed by atoms with E-state index in [0.29, 0.717) is 0 Å². The highest BCUT2D eigenvalue weighted by Gasteiger charge is 2.19. The van der Waals surface area contributed by atoms with Gasteiger partial charge in [-0.25, -0.2) is 9.97 Å². The Morgan fingerprint density at radius 2 is 2.05 bits per heavy atom. The molecule has 1 N–H and O–H groups in total. The third-order valence-electron chi connectivity index (χ3n) is 4.17. The molecule has 3 nitrogen and oxygen atoms in total. The summed E-state index contributed by atoms with van der Waals surface area (Å²) in [5.74, 6) is 0.936. The summed E-state index contributed by atoms with van der Waals surface area (Å²) in [6, 6.07) is 6.28. The fourth-order valence-corrected chi connectivity index (χ4v) is 4.52. The highest BCUT2D eigenvalue weighted by Crippen LogP contribution is 2.39. The Balaban J connectivity index is 1.81. The third kappa shape index (κ3) is 2.42. The smallest absolute Gasteiger partial charge is 0.142 e. The Morgan fingerprint density at radius 1 is 1.18 bits per heavy atom. The van der Waals surface area contributed by atoms with Crippen molar-refractivity contribution in [1.82, 2.24) is 9.97 Å². The summed E-state index contributed by atoms with van der Waals surface area (Å²) in [6.45, 7) is 2.09. The van der Waals surface area contributed by atoms with E-state index in [-0.39, 0.29) is 0 Å². The van der Waals surface area contributed by atoms with Crippen molar-refractivity contribution >= 4 is 49.0 Å². The zero-order valence-electron chi connectivity index (χ0n) is 12.3. The normalized spacial score (nSPS) is 14.1. The summed E-state index contributed by atoms with van der Waals surface area (Å²) in [5, 5.41) is 4.71. The van der Waals surface area contributed by atoms with Crippen LogP contribution < -0.4 is 5.32 Å². The maximum absolute atomic E-state index is 4.51. The quantitative estimate of drug-likeness (QED) is 0.654. The number of aromatic nitrogens is 2. The number of thiophene rings is 1. The van der Waals surface area contributed by atoms with Crippen LogP contribution in [0.1, 0.15) is 28.8 Å². The maximum Gasteiger partial charge on any atom is 0.142 e. The number of benzene rings is 1. The van der Waals surface area contributed by atoms with Gasteiger partial charge < -0.3 is 5.32 Å². The molecule has 3 aromatic rings. The molecule has 22 heavy (non-hydrogen) atoms. The molecular formula is C17H16BrN3S. The monoisotopic (exact) mass is 373 g/mol. The molecule has 0 fully saturated rings. The molecule has 0 unspecified atom stereocenters. The van der Waals surface area contributed by atoms with Crippen LogP contribution in [0.25, 0.3) is 10.2 Å². The molecule has 0 radical (unpaired) electrons. The van der Waals surface area contributed by atoms with Gasteiger partial charge in [-0.1, -0.05) is 15.9 Å². The van der Waals surface area contributed by atoms with Crippen molar-refractivity contribution < 1.29 is 0 Å². The highest BCUT2D eigenvalue weighted by molar-refractivity contribution is 9.10. The van der Waals surface area contributed by atoms with E-state index < -0.39 is 0 Å². The van der Waals surface area contributed by atoms with E-state index in [0.717, 1.165) is 27.2 Å². The van der Waals surface area contributed by atoms with Crippen LogP contribution >= 0.6 is 27.3 Å². The van der Waals surface area contributed by atoms with Gasteiger partial charge >= 0.3 is 0 Å². The first-order chi connectivity index (χ1) is 10.7. The minimum atomic E-state index is 0.936. The van der Waals surface area contributed by atoms with Gasteiger partial charge in [-0.2, -0.15) is 0 Å². The number of nitrogens with zero attached hydrogens (tertiary/aromatic N) is 2. The van der Waals surface area contributed by atoms with Crippen LogP contribution in [0.15, 0.2) is 29.0 Å². The largest absolute Gasteiger partial charge is 0.340 e. The lowest BCUT2D eigenvalue weighted by Crippen LogP contribution is -2.01. The van der Waals surface area contributed by atoms with E-state index in [4.69, 9.17) is 0 Å². The van der Waals surface area contributed by atoms with Crippen molar-refractivity contribution in [1.29, 1.82) is 0 Å². The summed E-state index contributed by atoms with van der Waals surface area (Å²) >= 11 is 5.38. The standard InChI is InChI=1S/C17H16BrN3S/c1-10-8-11(6-7-13(10)18)21-16-15-12-4-2-3-5-14(12)22-17(15)20-9-19-16/h6-9H,2-5H2,1H3,(H,19,20,21). The van der Waals surface area contributed by atoms with Crippen molar-refractivity contribution in [3.05, 3.63) is 45.0 Å². The summed E-state index contributed by atoms with van der Waals surface area (Å²) < 4.78 is 1.12. The number of rotatable bonds is 2.